The monoisotopic (exact) mass is 272 g/mol. The first kappa shape index (κ1) is 16.7. The Labute approximate surface area is 114 Å². The molecule has 18 heavy (non-hydrogen) atoms. The third-order valence-electron chi connectivity index (χ3n) is 2.83. The molecule has 1 aromatic carbocycles. The quantitative estimate of drug-likeness (QED) is 0.858. The molecule has 1 rings (SSSR count). The van der Waals surface area contributed by atoms with Gasteiger partial charge in [0.25, 0.3) is 0 Å². The second-order valence-electron chi connectivity index (χ2n) is 4.21. The maximum atomic E-state index is 11.7. The van der Waals surface area contributed by atoms with Gasteiger partial charge in [-0.25, -0.2) is 0 Å². The minimum atomic E-state index is -0.173. The van der Waals surface area contributed by atoms with E-state index < -0.39 is 0 Å². The zero-order valence-corrected chi connectivity index (χ0v) is 11.8. The largest absolute Gasteiger partial charge is 0.497 e. The summed E-state index contributed by atoms with van der Waals surface area (Å²) >= 11 is 0. The zero-order valence-electron chi connectivity index (χ0n) is 11.0. The first-order valence-electron chi connectivity index (χ1n) is 5.71. The van der Waals surface area contributed by atoms with E-state index in [0.29, 0.717) is 6.54 Å². The Morgan fingerprint density at radius 2 is 1.89 bits per heavy atom. The molecule has 0 radical (unpaired) electrons. The Morgan fingerprint density at radius 1 is 1.33 bits per heavy atom. The highest BCUT2D eigenvalue weighted by Gasteiger charge is 2.16. The normalized spacial score (nSPS) is 13.1. The minimum absolute atomic E-state index is 0. The van der Waals surface area contributed by atoms with Crippen LogP contribution in [0.1, 0.15) is 19.4 Å². The van der Waals surface area contributed by atoms with E-state index in [0.717, 1.165) is 11.3 Å². The van der Waals surface area contributed by atoms with E-state index in [1.165, 1.54) is 0 Å². The number of carbonyl (C=O) groups is 1. The second kappa shape index (κ2) is 7.95. The van der Waals surface area contributed by atoms with Crippen LogP contribution in [0.2, 0.25) is 0 Å². The first-order chi connectivity index (χ1) is 8.04. The highest BCUT2D eigenvalue weighted by Crippen LogP contribution is 2.11. The van der Waals surface area contributed by atoms with E-state index in [9.17, 15) is 4.79 Å². The summed E-state index contributed by atoms with van der Waals surface area (Å²) in [5, 5.41) is 2.86. The molecule has 0 saturated carbocycles. The molecule has 5 heteroatoms. The van der Waals surface area contributed by atoms with E-state index in [1.54, 1.807) is 7.11 Å². The number of nitrogens with one attached hydrogen (secondary N) is 1. The maximum Gasteiger partial charge on any atom is 0.224 e. The van der Waals surface area contributed by atoms with Crippen molar-refractivity contribution in [3.05, 3.63) is 29.8 Å². The molecule has 0 bridgehead atoms. The van der Waals surface area contributed by atoms with Crippen molar-refractivity contribution < 1.29 is 9.53 Å². The van der Waals surface area contributed by atoms with Gasteiger partial charge in [0.05, 0.1) is 7.11 Å². The number of amides is 1. The molecule has 3 N–H and O–H groups in total. The van der Waals surface area contributed by atoms with Crippen molar-refractivity contribution in [3.8, 4) is 5.75 Å². The molecule has 0 saturated heterocycles. The Bertz CT molecular complexity index is 366. The average Bonchev–Trinajstić information content (AvgIpc) is 2.35. The van der Waals surface area contributed by atoms with Gasteiger partial charge in [-0.15, -0.1) is 12.4 Å². The fraction of sp³-hybridized carbons (Fsp3) is 0.462. The smallest absolute Gasteiger partial charge is 0.224 e. The van der Waals surface area contributed by atoms with Gasteiger partial charge in [-0.1, -0.05) is 19.1 Å². The summed E-state index contributed by atoms with van der Waals surface area (Å²) in [5.74, 6) is 0.619. The van der Waals surface area contributed by atoms with Gasteiger partial charge in [-0.05, 0) is 24.6 Å². The fourth-order valence-corrected chi connectivity index (χ4v) is 1.33. The van der Waals surface area contributed by atoms with Crippen LogP contribution >= 0.6 is 12.4 Å². The van der Waals surface area contributed by atoms with Crippen molar-refractivity contribution in [1.29, 1.82) is 0 Å². The molecular formula is C13H21ClN2O2. The summed E-state index contributed by atoms with van der Waals surface area (Å²) in [6, 6.07) is 7.46. The third kappa shape index (κ3) is 4.94. The lowest BCUT2D eigenvalue weighted by atomic mass is 10.0. The summed E-state index contributed by atoms with van der Waals surface area (Å²) < 4.78 is 5.06. The first-order valence-corrected chi connectivity index (χ1v) is 5.71. The van der Waals surface area contributed by atoms with Crippen LogP contribution in [0.15, 0.2) is 24.3 Å². The van der Waals surface area contributed by atoms with Crippen LogP contribution in [-0.4, -0.2) is 19.1 Å². The summed E-state index contributed by atoms with van der Waals surface area (Å²) in [5.41, 5.74) is 6.70. The lowest BCUT2D eigenvalue weighted by molar-refractivity contribution is -0.125. The second-order valence-corrected chi connectivity index (χ2v) is 4.21. The van der Waals surface area contributed by atoms with Gasteiger partial charge in [0.2, 0.25) is 5.91 Å². The predicted octanol–water partition coefficient (Wildman–Crippen LogP) is 1.72. The van der Waals surface area contributed by atoms with Crippen molar-refractivity contribution in [2.75, 3.05) is 7.11 Å². The molecule has 2 unspecified atom stereocenters. The highest BCUT2D eigenvalue weighted by molar-refractivity contribution is 5.85. The standard InChI is InChI=1S/C13H20N2O2.ClH/c1-9(10(2)14)13(16)15-8-11-4-6-12(17-3)7-5-11;/h4-7,9-10H,8,14H2,1-3H3,(H,15,16);1H. The number of hydrogen-bond acceptors (Lipinski definition) is 3. The van der Waals surface area contributed by atoms with E-state index in [2.05, 4.69) is 5.32 Å². The van der Waals surface area contributed by atoms with Gasteiger partial charge in [-0.3, -0.25) is 4.79 Å². The zero-order chi connectivity index (χ0) is 12.8. The third-order valence-corrected chi connectivity index (χ3v) is 2.83. The van der Waals surface area contributed by atoms with Gasteiger partial charge in [0, 0.05) is 18.5 Å². The van der Waals surface area contributed by atoms with Gasteiger partial charge >= 0.3 is 0 Å². The molecule has 0 spiro atoms. The van der Waals surface area contributed by atoms with E-state index in [-0.39, 0.29) is 30.3 Å². The summed E-state index contributed by atoms with van der Waals surface area (Å²) in [6.07, 6.45) is 0. The summed E-state index contributed by atoms with van der Waals surface area (Å²) in [4.78, 5) is 11.7. The number of halogens is 1. The van der Waals surface area contributed by atoms with Gasteiger partial charge in [0.15, 0.2) is 0 Å². The lowest BCUT2D eigenvalue weighted by Gasteiger charge is -2.15. The summed E-state index contributed by atoms with van der Waals surface area (Å²) in [7, 11) is 1.63. The van der Waals surface area contributed by atoms with Gasteiger partial charge in [-0.2, -0.15) is 0 Å². The van der Waals surface area contributed by atoms with Crippen molar-refractivity contribution in [2.24, 2.45) is 11.7 Å². The molecule has 0 aliphatic heterocycles. The van der Waals surface area contributed by atoms with E-state index >= 15 is 0 Å². The van der Waals surface area contributed by atoms with Gasteiger partial charge in [0.1, 0.15) is 5.75 Å². The van der Waals surface area contributed by atoms with Crippen LogP contribution in [0.5, 0.6) is 5.75 Å². The number of hydrogen-bond donors (Lipinski definition) is 2. The van der Waals surface area contributed by atoms with Crippen molar-refractivity contribution in [1.82, 2.24) is 5.32 Å². The van der Waals surface area contributed by atoms with Crippen LogP contribution in [0.25, 0.3) is 0 Å². The predicted molar refractivity (Wildman–Crippen MR) is 74.9 cm³/mol. The summed E-state index contributed by atoms with van der Waals surface area (Å²) in [6.45, 7) is 4.17. The molecule has 0 heterocycles. The molecule has 102 valence electrons. The van der Waals surface area contributed by atoms with Crippen LogP contribution in [0, 0.1) is 5.92 Å². The van der Waals surface area contributed by atoms with Crippen molar-refractivity contribution in [2.45, 2.75) is 26.4 Å². The molecule has 0 aliphatic rings. The van der Waals surface area contributed by atoms with E-state index in [4.69, 9.17) is 10.5 Å². The molecule has 0 aromatic heterocycles. The number of methoxy groups -OCH3 is 1. The Kier molecular flexibility index (Phi) is 7.39. The number of benzene rings is 1. The minimum Gasteiger partial charge on any atom is -0.497 e. The molecule has 0 fully saturated rings. The fourth-order valence-electron chi connectivity index (χ4n) is 1.33. The molecule has 0 aliphatic carbocycles. The highest BCUT2D eigenvalue weighted by atomic mass is 35.5. The lowest BCUT2D eigenvalue weighted by Crippen LogP contribution is -2.38. The number of rotatable bonds is 5. The number of carbonyl (C=O) groups excluding carboxylic acids is 1. The van der Waals surface area contributed by atoms with Crippen LogP contribution in [0.3, 0.4) is 0 Å². The van der Waals surface area contributed by atoms with Crippen molar-refractivity contribution in [3.63, 3.8) is 0 Å². The van der Waals surface area contributed by atoms with Crippen LogP contribution in [-0.2, 0) is 11.3 Å². The maximum absolute atomic E-state index is 11.7. The molecule has 1 amide bonds. The number of ether oxygens (including phenoxy) is 1. The number of nitrogens with two attached hydrogens (primary N) is 1. The van der Waals surface area contributed by atoms with E-state index in [1.807, 2.05) is 38.1 Å². The Balaban J connectivity index is 0.00000289. The average molecular weight is 273 g/mol. The van der Waals surface area contributed by atoms with Crippen LogP contribution < -0.4 is 15.8 Å². The van der Waals surface area contributed by atoms with Crippen molar-refractivity contribution >= 4 is 18.3 Å². The molecule has 1 aromatic rings. The van der Waals surface area contributed by atoms with Gasteiger partial charge < -0.3 is 15.8 Å². The Hall–Kier alpha value is -1.26. The molecule has 4 nitrogen and oxygen atoms in total. The molecular weight excluding hydrogens is 252 g/mol. The topological polar surface area (TPSA) is 64.3 Å². The molecule has 2 atom stereocenters. The Morgan fingerprint density at radius 3 is 2.33 bits per heavy atom. The van der Waals surface area contributed by atoms with Crippen LogP contribution in [0.4, 0.5) is 0 Å². The SMILES string of the molecule is COc1ccc(CNC(=O)C(C)C(C)N)cc1.Cl.